The lowest BCUT2D eigenvalue weighted by Crippen LogP contribution is -2.17. The van der Waals surface area contributed by atoms with Gasteiger partial charge in [0.05, 0.1) is 6.21 Å². The molecule has 1 aliphatic rings. The minimum Gasteiger partial charge on any atom is -0.507 e. The van der Waals surface area contributed by atoms with Crippen molar-refractivity contribution in [2.24, 2.45) is 5.10 Å². The Morgan fingerprint density at radius 1 is 1.15 bits per heavy atom. The van der Waals surface area contributed by atoms with Crippen molar-refractivity contribution in [2.75, 3.05) is 0 Å². The van der Waals surface area contributed by atoms with Gasteiger partial charge in [-0.2, -0.15) is 5.10 Å². The maximum Gasteiger partial charge on any atom is 0.271 e. The third-order valence-electron chi connectivity index (χ3n) is 4.81. The summed E-state index contributed by atoms with van der Waals surface area (Å²) < 4.78 is 5.93. The smallest absolute Gasteiger partial charge is 0.271 e. The Hall–Kier alpha value is -3.08. The van der Waals surface area contributed by atoms with E-state index < -0.39 is 0 Å². The van der Waals surface area contributed by atoms with E-state index >= 15 is 0 Å². The standard InChI is InChI=1S/C21H20N2O3/c1-13-6-8-14(9-7-13)21(25)23-22-12-16-17(24)10-11-19-20(16)15-4-2-3-5-18(15)26-19/h6-12,24H,2-5H2,1H3,(H,23,25)/b22-12-. The first kappa shape index (κ1) is 16.4. The Balaban J connectivity index is 1.63. The van der Waals surface area contributed by atoms with Crippen LogP contribution in [-0.4, -0.2) is 17.2 Å². The number of furan rings is 1. The lowest BCUT2D eigenvalue weighted by Gasteiger charge is -2.09. The van der Waals surface area contributed by atoms with Crippen molar-refractivity contribution in [1.29, 1.82) is 0 Å². The molecule has 0 radical (unpaired) electrons. The van der Waals surface area contributed by atoms with Gasteiger partial charge in [0.25, 0.3) is 5.91 Å². The van der Waals surface area contributed by atoms with Crippen LogP contribution in [0.25, 0.3) is 11.0 Å². The van der Waals surface area contributed by atoms with Gasteiger partial charge < -0.3 is 9.52 Å². The molecular formula is C21H20N2O3. The van der Waals surface area contributed by atoms with Gasteiger partial charge in [0.1, 0.15) is 17.1 Å². The second-order valence-electron chi connectivity index (χ2n) is 6.65. The largest absolute Gasteiger partial charge is 0.507 e. The molecule has 2 N–H and O–H groups in total. The molecule has 0 fully saturated rings. The van der Waals surface area contributed by atoms with Gasteiger partial charge in [0.15, 0.2) is 0 Å². The van der Waals surface area contributed by atoms with Crippen molar-refractivity contribution >= 4 is 23.1 Å². The van der Waals surface area contributed by atoms with Gasteiger partial charge in [-0.3, -0.25) is 4.79 Å². The highest BCUT2D eigenvalue weighted by atomic mass is 16.3. The third-order valence-corrected chi connectivity index (χ3v) is 4.81. The average molecular weight is 348 g/mol. The number of nitrogens with one attached hydrogen (secondary N) is 1. The zero-order chi connectivity index (χ0) is 18.1. The van der Waals surface area contributed by atoms with Crippen LogP contribution in [0, 0.1) is 6.92 Å². The van der Waals surface area contributed by atoms with Crippen LogP contribution in [0.2, 0.25) is 0 Å². The number of hydrogen-bond acceptors (Lipinski definition) is 4. The molecule has 3 aromatic rings. The normalized spacial score (nSPS) is 13.9. The fourth-order valence-electron chi connectivity index (χ4n) is 3.43. The summed E-state index contributed by atoms with van der Waals surface area (Å²) in [7, 11) is 0. The first-order valence-corrected chi connectivity index (χ1v) is 8.80. The Labute approximate surface area is 151 Å². The van der Waals surface area contributed by atoms with Gasteiger partial charge in [0.2, 0.25) is 0 Å². The highest BCUT2D eigenvalue weighted by molar-refractivity contribution is 6.03. The summed E-state index contributed by atoms with van der Waals surface area (Å²) in [6, 6.07) is 10.6. The van der Waals surface area contributed by atoms with Gasteiger partial charge in [-0.15, -0.1) is 0 Å². The maximum absolute atomic E-state index is 12.2. The second-order valence-corrected chi connectivity index (χ2v) is 6.65. The van der Waals surface area contributed by atoms with Crippen LogP contribution in [0.15, 0.2) is 45.9 Å². The molecular weight excluding hydrogens is 328 g/mol. The summed E-state index contributed by atoms with van der Waals surface area (Å²) in [6.45, 7) is 1.97. The van der Waals surface area contributed by atoms with Gasteiger partial charge in [-0.1, -0.05) is 17.7 Å². The summed E-state index contributed by atoms with van der Waals surface area (Å²) in [5, 5.41) is 15.2. The lowest BCUT2D eigenvalue weighted by molar-refractivity contribution is 0.0955. The average Bonchev–Trinajstić information content (AvgIpc) is 3.03. The molecule has 1 heterocycles. The monoisotopic (exact) mass is 348 g/mol. The summed E-state index contributed by atoms with van der Waals surface area (Å²) in [5.41, 5.74) is 6.63. The van der Waals surface area contributed by atoms with Crippen LogP contribution in [-0.2, 0) is 12.8 Å². The second kappa shape index (κ2) is 6.67. The molecule has 0 spiro atoms. The lowest BCUT2D eigenvalue weighted by atomic mass is 9.94. The van der Waals surface area contributed by atoms with Crippen LogP contribution in [0.5, 0.6) is 5.75 Å². The Kier molecular flexibility index (Phi) is 4.21. The molecule has 0 unspecified atom stereocenters. The van der Waals surface area contributed by atoms with Crippen LogP contribution in [0.4, 0.5) is 0 Å². The topological polar surface area (TPSA) is 74.8 Å². The molecule has 0 saturated heterocycles. The predicted octanol–water partition coefficient (Wildman–Crippen LogP) is 4.09. The number of aryl methyl sites for hydroxylation is 3. The van der Waals surface area contributed by atoms with E-state index in [9.17, 15) is 9.90 Å². The molecule has 2 aromatic carbocycles. The molecule has 26 heavy (non-hydrogen) atoms. The Bertz CT molecular complexity index is 1000. The molecule has 0 aliphatic heterocycles. The van der Waals surface area contributed by atoms with Gasteiger partial charge in [0, 0.05) is 28.5 Å². The number of hydrogen-bond donors (Lipinski definition) is 2. The van der Waals surface area contributed by atoms with Crippen LogP contribution < -0.4 is 5.43 Å². The van der Waals surface area contributed by atoms with E-state index in [0.29, 0.717) is 11.1 Å². The van der Waals surface area contributed by atoms with E-state index in [1.54, 1.807) is 24.3 Å². The van der Waals surface area contributed by atoms with Crippen molar-refractivity contribution < 1.29 is 14.3 Å². The van der Waals surface area contributed by atoms with Gasteiger partial charge in [-0.05, 0) is 50.5 Å². The number of phenols is 1. The first-order valence-electron chi connectivity index (χ1n) is 8.80. The highest BCUT2D eigenvalue weighted by Gasteiger charge is 2.21. The number of fused-ring (bicyclic) bond motifs is 3. The van der Waals surface area contributed by atoms with E-state index in [1.165, 1.54) is 6.21 Å². The van der Waals surface area contributed by atoms with E-state index in [-0.39, 0.29) is 11.7 Å². The SMILES string of the molecule is Cc1ccc(C(=O)N/N=C\c2c(O)ccc3oc4c(c23)CCCC4)cc1. The van der Waals surface area contributed by atoms with Crippen molar-refractivity contribution in [2.45, 2.75) is 32.6 Å². The fourth-order valence-corrected chi connectivity index (χ4v) is 3.43. The summed E-state index contributed by atoms with van der Waals surface area (Å²) in [6.07, 6.45) is 5.58. The molecule has 0 bridgehead atoms. The Morgan fingerprint density at radius 2 is 1.92 bits per heavy atom. The van der Waals surface area contributed by atoms with Crippen LogP contribution >= 0.6 is 0 Å². The minimum atomic E-state index is -0.290. The molecule has 5 heteroatoms. The minimum absolute atomic E-state index is 0.125. The predicted molar refractivity (Wildman–Crippen MR) is 101 cm³/mol. The van der Waals surface area contributed by atoms with Crippen molar-refractivity contribution in [1.82, 2.24) is 5.43 Å². The van der Waals surface area contributed by atoms with E-state index in [2.05, 4.69) is 10.5 Å². The maximum atomic E-state index is 12.2. The molecule has 0 atom stereocenters. The number of rotatable bonds is 3. The highest BCUT2D eigenvalue weighted by Crippen LogP contribution is 2.36. The van der Waals surface area contributed by atoms with Gasteiger partial charge in [-0.25, -0.2) is 5.43 Å². The summed E-state index contributed by atoms with van der Waals surface area (Å²) in [5.74, 6) is 0.831. The molecule has 1 aromatic heterocycles. The molecule has 1 aliphatic carbocycles. The van der Waals surface area contributed by atoms with Gasteiger partial charge >= 0.3 is 0 Å². The third kappa shape index (κ3) is 2.96. The number of benzene rings is 2. The number of amides is 1. The van der Waals surface area contributed by atoms with E-state index in [4.69, 9.17) is 4.42 Å². The molecule has 5 nitrogen and oxygen atoms in total. The zero-order valence-electron chi connectivity index (χ0n) is 14.6. The number of phenolic OH excluding ortho intramolecular Hbond substituents is 1. The van der Waals surface area contributed by atoms with Crippen molar-refractivity contribution in [3.05, 3.63) is 64.4 Å². The summed E-state index contributed by atoms with van der Waals surface area (Å²) in [4.78, 5) is 12.2. The zero-order valence-corrected chi connectivity index (χ0v) is 14.6. The molecule has 4 rings (SSSR count). The number of nitrogens with zero attached hydrogens (tertiary/aromatic N) is 1. The number of aromatic hydroxyl groups is 1. The van der Waals surface area contributed by atoms with Crippen molar-refractivity contribution in [3.63, 3.8) is 0 Å². The number of carbonyl (C=O) groups excluding carboxylic acids is 1. The molecule has 0 saturated carbocycles. The first-order chi connectivity index (χ1) is 12.6. The number of carbonyl (C=O) groups is 1. The van der Waals surface area contributed by atoms with Crippen molar-refractivity contribution in [3.8, 4) is 5.75 Å². The van der Waals surface area contributed by atoms with E-state index in [1.807, 2.05) is 19.1 Å². The molecule has 1 amide bonds. The van der Waals surface area contributed by atoms with E-state index in [0.717, 1.165) is 53.5 Å². The number of hydrazone groups is 1. The Morgan fingerprint density at radius 3 is 2.73 bits per heavy atom. The quantitative estimate of drug-likeness (QED) is 0.553. The van der Waals surface area contributed by atoms with Crippen LogP contribution in [0.1, 0.15) is 45.7 Å². The summed E-state index contributed by atoms with van der Waals surface area (Å²) >= 11 is 0. The fraction of sp³-hybridized carbons (Fsp3) is 0.238. The van der Waals surface area contributed by atoms with Crippen LogP contribution in [0.3, 0.4) is 0 Å². The molecule has 132 valence electrons.